The molecule has 0 radical (unpaired) electrons. The highest BCUT2D eigenvalue weighted by Crippen LogP contribution is 2.37. The second-order valence-electron chi connectivity index (χ2n) is 5.66. The third-order valence-corrected chi connectivity index (χ3v) is 4.87. The molecule has 0 aliphatic carbocycles. The van der Waals surface area contributed by atoms with Gasteiger partial charge in [0.15, 0.2) is 5.82 Å². The topological polar surface area (TPSA) is 67.9 Å². The Morgan fingerprint density at radius 3 is 2.80 bits per heavy atom. The molecule has 0 spiro atoms. The number of rotatable bonds is 3. The van der Waals surface area contributed by atoms with Crippen molar-refractivity contribution in [1.29, 1.82) is 0 Å². The molecule has 0 fully saturated rings. The molecule has 1 N–H and O–H groups in total. The molecule has 3 aromatic heterocycles. The molecule has 0 bridgehead atoms. The number of ether oxygens (including phenoxy) is 1. The van der Waals surface area contributed by atoms with Gasteiger partial charge in [-0.3, -0.25) is 9.78 Å². The van der Waals surface area contributed by atoms with Gasteiger partial charge in [-0.2, -0.15) is 0 Å². The van der Waals surface area contributed by atoms with Crippen molar-refractivity contribution in [3.8, 4) is 28.4 Å². The van der Waals surface area contributed by atoms with E-state index in [0.717, 1.165) is 22.4 Å². The lowest BCUT2D eigenvalue weighted by atomic mass is 10.0. The third kappa shape index (κ3) is 2.70. The van der Waals surface area contributed by atoms with Crippen LogP contribution in [-0.4, -0.2) is 22.1 Å². The minimum Gasteiger partial charge on any atom is -0.496 e. The number of nitrogens with one attached hydrogen (secondary N) is 1. The van der Waals surface area contributed by atoms with Crippen LogP contribution in [0.2, 0.25) is 0 Å². The number of aromatic amines is 1. The predicted octanol–water partition coefficient (Wildman–Crippen LogP) is 4.03. The van der Waals surface area contributed by atoms with Crippen molar-refractivity contribution >= 4 is 21.6 Å². The van der Waals surface area contributed by atoms with E-state index in [0.29, 0.717) is 21.7 Å². The van der Waals surface area contributed by atoms with Gasteiger partial charge in [0.2, 0.25) is 0 Å². The molecule has 0 aliphatic rings. The Labute approximate surface area is 148 Å². The first kappa shape index (κ1) is 15.5. The fourth-order valence-electron chi connectivity index (χ4n) is 2.80. The van der Waals surface area contributed by atoms with Gasteiger partial charge in [-0.05, 0) is 31.2 Å². The van der Waals surface area contributed by atoms with Crippen LogP contribution in [0.3, 0.4) is 0 Å². The number of thiophene rings is 1. The standard InChI is InChI=1S/C19H15N3O2S/c1-11-6-7-15(24-2)12(9-11)13-10-25-19-16(13)18(23)21-17(22-19)14-5-3-4-8-20-14/h3-10H,1-2H3,(H,21,22,23). The van der Waals surface area contributed by atoms with E-state index in [1.807, 2.05) is 48.7 Å². The third-order valence-electron chi connectivity index (χ3n) is 4.00. The maximum absolute atomic E-state index is 12.8. The molecule has 0 saturated carbocycles. The number of aromatic nitrogens is 3. The zero-order chi connectivity index (χ0) is 17.4. The van der Waals surface area contributed by atoms with Crippen molar-refractivity contribution in [3.05, 3.63) is 63.9 Å². The summed E-state index contributed by atoms with van der Waals surface area (Å²) in [5, 5.41) is 2.53. The Kier molecular flexibility index (Phi) is 3.82. The monoisotopic (exact) mass is 349 g/mol. The molecule has 0 amide bonds. The molecule has 0 aliphatic heterocycles. The summed E-state index contributed by atoms with van der Waals surface area (Å²) >= 11 is 1.44. The number of hydrogen-bond donors (Lipinski definition) is 1. The van der Waals surface area contributed by atoms with Gasteiger partial charge in [0, 0.05) is 22.7 Å². The van der Waals surface area contributed by atoms with E-state index in [1.54, 1.807) is 13.3 Å². The molecule has 4 rings (SSSR count). The molecule has 124 valence electrons. The minimum atomic E-state index is -0.175. The predicted molar refractivity (Wildman–Crippen MR) is 100 cm³/mol. The average Bonchev–Trinajstić information content (AvgIpc) is 3.07. The van der Waals surface area contributed by atoms with Crippen LogP contribution in [0.15, 0.2) is 52.8 Å². The fourth-order valence-corrected chi connectivity index (χ4v) is 3.74. The number of fused-ring (bicyclic) bond motifs is 1. The summed E-state index contributed by atoms with van der Waals surface area (Å²) in [6.45, 7) is 2.01. The molecular weight excluding hydrogens is 334 g/mol. The van der Waals surface area contributed by atoms with E-state index in [9.17, 15) is 4.79 Å². The zero-order valence-electron chi connectivity index (χ0n) is 13.7. The van der Waals surface area contributed by atoms with Crippen LogP contribution in [0.4, 0.5) is 0 Å². The number of H-pyrrole nitrogens is 1. The van der Waals surface area contributed by atoms with Gasteiger partial charge in [-0.25, -0.2) is 4.98 Å². The molecule has 0 saturated heterocycles. The Morgan fingerprint density at radius 1 is 1.16 bits per heavy atom. The lowest BCUT2D eigenvalue weighted by molar-refractivity contribution is 0.416. The normalized spacial score (nSPS) is 11.0. The van der Waals surface area contributed by atoms with E-state index < -0.39 is 0 Å². The SMILES string of the molecule is COc1ccc(C)cc1-c1csc2nc(-c3ccccn3)[nH]c(=O)c12. The maximum Gasteiger partial charge on any atom is 0.260 e. The molecule has 0 atom stereocenters. The number of aryl methyl sites for hydroxylation is 1. The van der Waals surface area contributed by atoms with Gasteiger partial charge in [0.1, 0.15) is 16.3 Å². The van der Waals surface area contributed by atoms with Crippen LogP contribution in [0.5, 0.6) is 5.75 Å². The van der Waals surface area contributed by atoms with Crippen molar-refractivity contribution in [1.82, 2.24) is 15.0 Å². The summed E-state index contributed by atoms with van der Waals surface area (Å²) in [5.41, 5.74) is 3.30. The van der Waals surface area contributed by atoms with Crippen molar-refractivity contribution in [3.63, 3.8) is 0 Å². The molecule has 25 heavy (non-hydrogen) atoms. The second kappa shape index (κ2) is 6.14. The van der Waals surface area contributed by atoms with Gasteiger partial charge >= 0.3 is 0 Å². The average molecular weight is 349 g/mol. The van der Waals surface area contributed by atoms with Gasteiger partial charge < -0.3 is 9.72 Å². The summed E-state index contributed by atoms with van der Waals surface area (Å²) in [4.78, 5) is 25.1. The molecule has 5 nitrogen and oxygen atoms in total. The molecule has 4 aromatic rings. The summed E-state index contributed by atoms with van der Waals surface area (Å²) in [6, 6.07) is 11.4. The largest absolute Gasteiger partial charge is 0.496 e. The van der Waals surface area contributed by atoms with Crippen LogP contribution in [0.25, 0.3) is 32.9 Å². The van der Waals surface area contributed by atoms with Crippen LogP contribution < -0.4 is 10.3 Å². The molecule has 0 unspecified atom stereocenters. The van der Waals surface area contributed by atoms with Crippen molar-refractivity contribution in [2.45, 2.75) is 6.92 Å². The maximum atomic E-state index is 12.8. The summed E-state index contributed by atoms with van der Waals surface area (Å²) in [5.74, 6) is 1.21. The van der Waals surface area contributed by atoms with E-state index in [4.69, 9.17) is 4.74 Å². The van der Waals surface area contributed by atoms with Crippen molar-refractivity contribution < 1.29 is 4.74 Å². The van der Waals surface area contributed by atoms with E-state index in [-0.39, 0.29) is 5.56 Å². The van der Waals surface area contributed by atoms with Crippen LogP contribution >= 0.6 is 11.3 Å². The summed E-state index contributed by atoms with van der Waals surface area (Å²) in [7, 11) is 1.63. The fraction of sp³-hybridized carbons (Fsp3) is 0.105. The number of benzene rings is 1. The Balaban J connectivity index is 1.95. The molecular formula is C19H15N3O2S. The summed E-state index contributed by atoms with van der Waals surface area (Å²) < 4.78 is 5.47. The van der Waals surface area contributed by atoms with Crippen LogP contribution in [0.1, 0.15) is 5.56 Å². The second-order valence-corrected chi connectivity index (χ2v) is 6.52. The highest BCUT2D eigenvalue weighted by Gasteiger charge is 2.16. The number of nitrogens with zero attached hydrogens (tertiary/aromatic N) is 2. The van der Waals surface area contributed by atoms with E-state index in [1.165, 1.54) is 11.3 Å². The zero-order valence-corrected chi connectivity index (χ0v) is 14.6. The Bertz CT molecular complexity index is 1120. The summed E-state index contributed by atoms with van der Waals surface area (Å²) in [6.07, 6.45) is 1.68. The van der Waals surface area contributed by atoms with Crippen LogP contribution in [-0.2, 0) is 0 Å². The minimum absolute atomic E-state index is 0.175. The quantitative estimate of drug-likeness (QED) is 0.606. The highest BCUT2D eigenvalue weighted by molar-refractivity contribution is 7.17. The van der Waals surface area contributed by atoms with Crippen LogP contribution in [0, 0.1) is 6.92 Å². The lowest BCUT2D eigenvalue weighted by Gasteiger charge is -2.08. The first-order valence-corrected chi connectivity index (χ1v) is 8.63. The highest BCUT2D eigenvalue weighted by atomic mass is 32.1. The van der Waals surface area contributed by atoms with Gasteiger partial charge in [-0.1, -0.05) is 17.7 Å². The number of pyridine rings is 1. The lowest BCUT2D eigenvalue weighted by Crippen LogP contribution is -2.09. The smallest absolute Gasteiger partial charge is 0.260 e. The molecule has 3 heterocycles. The van der Waals surface area contributed by atoms with Crippen molar-refractivity contribution in [2.24, 2.45) is 0 Å². The molecule has 1 aromatic carbocycles. The molecule has 6 heteroatoms. The number of hydrogen-bond acceptors (Lipinski definition) is 5. The van der Waals surface area contributed by atoms with E-state index in [2.05, 4.69) is 15.0 Å². The Hall–Kier alpha value is -2.99. The first-order chi connectivity index (χ1) is 12.2. The van der Waals surface area contributed by atoms with Gasteiger partial charge in [0.05, 0.1) is 12.5 Å². The van der Waals surface area contributed by atoms with Crippen molar-refractivity contribution in [2.75, 3.05) is 7.11 Å². The van der Waals surface area contributed by atoms with Gasteiger partial charge in [0.25, 0.3) is 5.56 Å². The first-order valence-electron chi connectivity index (χ1n) is 7.75. The number of methoxy groups -OCH3 is 1. The van der Waals surface area contributed by atoms with E-state index >= 15 is 0 Å². The van der Waals surface area contributed by atoms with Gasteiger partial charge in [-0.15, -0.1) is 11.3 Å². The Morgan fingerprint density at radius 2 is 2.04 bits per heavy atom.